The molecule has 0 unspecified atom stereocenters. The summed E-state index contributed by atoms with van der Waals surface area (Å²) in [4.78, 5) is 15.8. The lowest BCUT2D eigenvalue weighted by Gasteiger charge is -2.13. The van der Waals surface area contributed by atoms with Gasteiger partial charge in [0.1, 0.15) is 0 Å². The second-order valence-electron chi connectivity index (χ2n) is 4.51. The van der Waals surface area contributed by atoms with E-state index in [2.05, 4.69) is 15.6 Å². The van der Waals surface area contributed by atoms with Crippen LogP contribution in [-0.2, 0) is 0 Å². The highest BCUT2D eigenvalue weighted by Crippen LogP contribution is 2.19. The minimum Gasteiger partial charge on any atom is -0.368 e. The molecule has 98 valence electrons. The van der Waals surface area contributed by atoms with Gasteiger partial charge in [0, 0.05) is 18.8 Å². The summed E-state index contributed by atoms with van der Waals surface area (Å²) in [5, 5.41) is 5.67. The molecule has 18 heavy (non-hydrogen) atoms. The molecule has 0 spiro atoms. The van der Waals surface area contributed by atoms with Crippen molar-refractivity contribution in [2.45, 2.75) is 38.6 Å². The highest BCUT2D eigenvalue weighted by atomic mass is 19.1. The van der Waals surface area contributed by atoms with Crippen LogP contribution in [0.1, 0.15) is 43.0 Å². The number of halogens is 1. The first kappa shape index (κ1) is 12.8. The van der Waals surface area contributed by atoms with Gasteiger partial charge in [-0.2, -0.15) is 0 Å². The maximum atomic E-state index is 14.0. The van der Waals surface area contributed by atoms with E-state index in [0.717, 1.165) is 25.7 Å². The third-order valence-electron chi connectivity index (χ3n) is 3.17. The Morgan fingerprint density at radius 3 is 2.89 bits per heavy atom. The van der Waals surface area contributed by atoms with E-state index in [-0.39, 0.29) is 23.3 Å². The Morgan fingerprint density at radius 1 is 1.50 bits per heavy atom. The Hall–Kier alpha value is -1.65. The number of nitrogens with zero attached hydrogens (tertiary/aromatic N) is 1. The molecule has 1 aromatic heterocycles. The highest BCUT2D eigenvalue weighted by Gasteiger charge is 2.21. The van der Waals surface area contributed by atoms with Crippen molar-refractivity contribution in [1.82, 2.24) is 10.3 Å². The van der Waals surface area contributed by atoms with Crippen LogP contribution in [0.3, 0.4) is 0 Å². The molecule has 0 bridgehead atoms. The standard InChI is InChI=1S/C13H18FN3O/c1-2-15-12-11(14)10(7-8-16-12)13(18)17-9-5-3-4-6-9/h7-9H,2-6H2,1H3,(H,15,16)(H,17,18). The zero-order valence-corrected chi connectivity index (χ0v) is 10.5. The second-order valence-corrected chi connectivity index (χ2v) is 4.51. The van der Waals surface area contributed by atoms with Gasteiger partial charge in [0.25, 0.3) is 5.91 Å². The summed E-state index contributed by atoms with van der Waals surface area (Å²) in [5.74, 6) is -0.785. The van der Waals surface area contributed by atoms with Crippen LogP contribution in [0.4, 0.5) is 10.2 Å². The largest absolute Gasteiger partial charge is 0.368 e. The van der Waals surface area contributed by atoms with Gasteiger partial charge in [-0.05, 0) is 25.8 Å². The van der Waals surface area contributed by atoms with Gasteiger partial charge in [0.15, 0.2) is 11.6 Å². The van der Waals surface area contributed by atoms with Crippen LogP contribution in [0.5, 0.6) is 0 Å². The van der Waals surface area contributed by atoms with Crippen LogP contribution in [0.25, 0.3) is 0 Å². The van der Waals surface area contributed by atoms with Gasteiger partial charge in [0.05, 0.1) is 5.56 Å². The number of aromatic nitrogens is 1. The summed E-state index contributed by atoms with van der Waals surface area (Å²) in [7, 11) is 0. The number of carbonyl (C=O) groups is 1. The average molecular weight is 251 g/mol. The summed E-state index contributed by atoms with van der Waals surface area (Å²) in [5.41, 5.74) is 0.0628. The molecule has 1 saturated carbocycles. The average Bonchev–Trinajstić information content (AvgIpc) is 2.85. The van der Waals surface area contributed by atoms with Gasteiger partial charge in [0.2, 0.25) is 0 Å². The molecule has 4 nitrogen and oxygen atoms in total. The Kier molecular flexibility index (Phi) is 4.12. The number of amides is 1. The van der Waals surface area contributed by atoms with Gasteiger partial charge in [-0.25, -0.2) is 9.37 Å². The van der Waals surface area contributed by atoms with Crippen molar-refractivity contribution in [2.75, 3.05) is 11.9 Å². The SMILES string of the molecule is CCNc1nccc(C(=O)NC2CCCC2)c1F. The van der Waals surface area contributed by atoms with Crippen molar-refractivity contribution >= 4 is 11.7 Å². The molecule has 1 aromatic rings. The normalized spacial score (nSPS) is 15.7. The Balaban J connectivity index is 2.11. The first-order valence-corrected chi connectivity index (χ1v) is 6.41. The quantitative estimate of drug-likeness (QED) is 0.863. The molecule has 0 aromatic carbocycles. The number of anilines is 1. The van der Waals surface area contributed by atoms with E-state index >= 15 is 0 Å². The fourth-order valence-corrected chi connectivity index (χ4v) is 2.24. The smallest absolute Gasteiger partial charge is 0.254 e. The van der Waals surface area contributed by atoms with Crippen LogP contribution in [0.2, 0.25) is 0 Å². The first-order chi connectivity index (χ1) is 8.72. The van der Waals surface area contributed by atoms with Gasteiger partial charge >= 0.3 is 0 Å². The highest BCUT2D eigenvalue weighted by molar-refractivity contribution is 5.95. The third-order valence-corrected chi connectivity index (χ3v) is 3.17. The van der Waals surface area contributed by atoms with Crippen molar-refractivity contribution in [2.24, 2.45) is 0 Å². The van der Waals surface area contributed by atoms with Crippen molar-refractivity contribution in [1.29, 1.82) is 0 Å². The lowest BCUT2D eigenvalue weighted by molar-refractivity contribution is 0.0933. The molecule has 2 N–H and O–H groups in total. The molecule has 0 aliphatic heterocycles. The van der Waals surface area contributed by atoms with Crippen molar-refractivity contribution in [3.8, 4) is 0 Å². The number of hydrogen-bond acceptors (Lipinski definition) is 3. The number of hydrogen-bond donors (Lipinski definition) is 2. The van der Waals surface area contributed by atoms with Gasteiger partial charge in [-0.15, -0.1) is 0 Å². The monoisotopic (exact) mass is 251 g/mol. The Labute approximate surface area is 106 Å². The summed E-state index contributed by atoms with van der Waals surface area (Å²) >= 11 is 0. The predicted octanol–water partition coefficient (Wildman–Crippen LogP) is 2.32. The Bertz CT molecular complexity index is 430. The van der Waals surface area contributed by atoms with Gasteiger partial charge in [-0.1, -0.05) is 12.8 Å². The van der Waals surface area contributed by atoms with Crippen LogP contribution in [0, 0.1) is 5.82 Å². The van der Waals surface area contributed by atoms with Crippen LogP contribution in [0.15, 0.2) is 12.3 Å². The predicted molar refractivity (Wildman–Crippen MR) is 68.1 cm³/mol. The van der Waals surface area contributed by atoms with E-state index in [0.29, 0.717) is 6.54 Å². The molecule has 1 fully saturated rings. The number of carbonyl (C=O) groups excluding carboxylic acids is 1. The van der Waals surface area contributed by atoms with Crippen LogP contribution in [-0.4, -0.2) is 23.5 Å². The molecule has 1 aliphatic carbocycles. The molecule has 1 heterocycles. The number of rotatable bonds is 4. The first-order valence-electron chi connectivity index (χ1n) is 6.41. The van der Waals surface area contributed by atoms with Crippen LogP contribution < -0.4 is 10.6 Å². The lowest BCUT2D eigenvalue weighted by Crippen LogP contribution is -2.33. The van der Waals surface area contributed by atoms with Crippen molar-refractivity contribution in [3.63, 3.8) is 0 Å². The minimum absolute atomic E-state index is 0.0628. The topological polar surface area (TPSA) is 54.0 Å². The molecule has 0 saturated heterocycles. The second kappa shape index (κ2) is 5.80. The molecular formula is C13H18FN3O. The lowest BCUT2D eigenvalue weighted by atomic mass is 10.2. The summed E-state index contributed by atoms with van der Waals surface area (Å²) in [6.45, 7) is 2.42. The van der Waals surface area contributed by atoms with E-state index in [1.54, 1.807) is 0 Å². The molecule has 0 atom stereocenters. The number of pyridine rings is 1. The fraction of sp³-hybridized carbons (Fsp3) is 0.538. The van der Waals surface area contributed by atoms with E-state index < -0.39 is 5.82 Å². The van der Waals surface area contributed by atoms with Gasteiger partial charge < -0.3 is 10.6 Å². The fourth-order valence-electron chi connectivity index (χ4n) is 2.24. The Morgan fingerprint density at radius 2 is 2.22 bits per heavy atom. The van der Waals surface area contributed by atoms with E-state index in [4.69, 9.17) is 0 Å². The van der Waals surface area contributed by atoms with E-state index in [9.17, 15) is 9.18 Å². The summed E-state index contributed by atoms with van der Waals surface area (Å²) < 4.78 is 14.0. The summed E-state index contributed by atoms with van der Waals surface area (Å²) in [6.07, 6.45) is 5.68. The molecule has 0 radical (unpaired) electrons. The van der Waals surface area contributed by atoms with E-state index in [1.165, 1.54) is 12.3 Å². The number of nitrogens with one attached hydrogen (secondary N) is 2. The van der Waals surface area contributed by atoms with Crippen LogP contribution >= 0.6 is 0 Å². The van der Waals surface area contributed by atoms with Crippen molar-refractivity contribution < 1.29 is 9.18 Å². The molecule has 1 amide bonds. The zero-order valence-electron chi connectivity index (χ0n) is 10.5. The van der Waals surface area contributed by atoms with Crippen molar-refractivity contribution in [3.05, 3.63) is 23.6 Å². The molecular weight excluding hydrogens is 233 g/mol. The minimum atomic E-state index is -0.574. The molecule has 2 rings (SSSR count). The maximum absolute atomic E-state index is 14.0. The van der Waals surface area contributed by atoms with Gasteiger partial charge in [-0.3, -0.25) is 4.79 Å². The zero-order chi connectivity index (χ0) is 13.0. The third kappa shape index (κ3) is 2.78. The van der Waals surface area contributed by atoms with E-state index in [1.807, 2.05) is 6.92 Å². The molecule has 5 heteroatoms. The molecule has 1 aliphatic rings. The maximum Gasteiger partial charge on any atom is 0.254 e. The summed E-state index contributed by atoms with van der Waals surface area (Å²) in [6, 6.07) is 1.60.